The van der Waals surface area contributed by atoms with Gasteiger partial charge in [-0.2, -0.15) is 0 Å². The Kier molecular flexibility index (Phi) is 3.81. The molecule has 4 heteroatoms. The van der Waals surface area contributed by atoms with Gasteiger partial charge in [0.1, 0.15) is 0 Å². The Bertz CT molecular complexity index is 396. The maximum atomic E-state index is 12.0. The lowest BCUT2D eigenvalue weighted by Crippen LogP contribution is -2.40. The summed E-state index contributed by atoms with van der Waals surface area (Å²) in [7, 11) is 1.77. The predicted molar refractivity (Wildman–Crippen MR) is 68.2 cm³/mol. The summed E-state index contributed by atoms with van der Waals surface area (Å²) in [6, 6.07) is 5.20. The third kappa shape index (κ3) is 3.42. The van der Waals surface area contributed by atoms with Crippen molar-refractivity contribution in [3.05, 3.63) is 28.8 Å². The second-order valence-corrected chi connectivity index (χ2v) is 5.08. The van der Waals surface area contributed by atoms with Crippen LogP contribution in [-0.4, -0.2) is 18.5 Å². The molecule has 0 aliphatic heterocycles. The Balaban J connectivity index is 3.02. The van der Waals surface area contributed by atoms with Crippen LogP contribution < -0.4 is 10.6 Å². The fraction of sp³-hybridized carbons (Fsp3) is 0.417. The Morgan fingerprint density at radius 1 is 1.31 bits per heavy atom. The summed E-state index contributed by atoms with van der Waals surface area (Å²) in [4.78, 5) is 12.0. The minimum Gasteiger partial charge on any atom is -0.387 e. The number of carbonyl (C=O) groups is 1. The number of nitrogens with one attached hydrogen (secondary N) is 2. The molecule has 0 radical (unpaired) electrons. The minimum absolute atomic E-state index is 0.126. The SMILES string of the molecule is CNc1ccc(Cl)cc1C(=O)NC(C)(C)C. The maximum Gasteiger partial charge on any atom is 0.253 e. The molecule has 0 aliphatic carbocycles. The molecule has 0 aliphatic rings. The van der Waals surface area contributed by atoms with Crippen molar-refractivity contribution >= 4 is 23.2 Å². The number of rotatable bonds is 2. The lowest BCUT2D eigenvalue weighted by molar-refractivity contribution is 0.0920. The Labute approximate surface area is 101 Å². The highest BCUT2D eigenvalue weighted by Gasteiger charge is 2.17. The molecular formula is C12H17ClN2O. The van der Waals surface area contributed by atoms with Crippen molar-refractivity contribution in [2.45, 2.75) is 26.3 Å². The van der Waals surface area contributed by atoms with Crippen LogP contribution in [0.15, 0.2) is 18.2 Å². The Morgan fingerprint density at radius 3 is 2.44 bits per heavy atom. The third-order valence-corrected chi connectivity index (χ3v) is 2.22. The first kappa shape index (κ1) is 12.8. The predicted octanol–water partition coefficient (Wildman–Crippen LogP) is 2.91. The van der Waals surface area contributed by atoms with Gasteiger partial charge in [-0.05, 0) is 39.0 Å². The molecule has 1 aromatic carbocycles. The van der Waals surface area contributed by atoms with Gasteiger partial charge in [0.15, 0.2) is 0 Å². The highest BCUT2D eigenvalue weighted by Crippen LogP contribution is 2.20. The van der Waals surface area contributed by atoms with Crippen molar-refractivity contribution in [2.24, 2.45) is 0 Å². The minimum atomic E-state index is -0.260. The summed E-state index contributed by atoms with van der Waals surface area (Å²) in [5, 5.41) is 6.42. The van der Waals surface area contributed by atoms with Crippen LogP contribution in [0.5, 0.6) is 0 Å². The zero-order chi connectivity index (χ0) is 12.3. The summed E-state index contributed by atoms with van der Waals surface area (Å²) in [5.74, 6) is -0.126. The molecule has 0 bridgehead atoms. The second-order valence-electron chi connectivity index (χ2n) is 4.64. The number of hydrogen-bond donors (Lipinski definition) is 2. The van der Waals surface area contributed by atoms with Gasteiger partial charge in [-0.25, -0.2) is 0 Å². The highest BCUT2D eigenvalue weighted by molar-refractivity contribution is 6.31. The van der Waals surface area contributed by atoms with Crippen molar-refractivity contribution < 1.29 is 4.79 Å². The largest absolute Gasteiger partial charge is 0.387 e. The molecule has 2 N–H and O–H groups in total. The van der Waals surface area contributed by atoms with Gasteiger partial charge in [0.2, 0.25) is 0 Å². The number of halogens is 1. The number of carbonyl (C=O) groups excluding carboxylic acids is 1. The van der Waals surface area contributed by atoms with E-state index < -0.39 is 0 Å². The van der Waals surface area contributed by atoms with Crippen LogP contribution in [0.1, 0.15) is 31.1 Å². The fourth-order valence-electron chi connectivity index (χ4n) is 1.33. The van der Waals surface area contributed by atoms with E-state index in [2.05, 4.69) is 10.6 Å². The van der Waals surface area contributed by atoms with Crippen LogP contribution in [0.2, 0.25) is 5.02 Å². The van der Waals surface area contributed by atoms with Crippen LogP contribution in [0.4, 0.5) is 5.69 Å². The molecule has 0 saturated carbocycles. The van der Waals surface area contributed by atoms with Gasteiger partial charge in [0.05, 0.1) is 5.56 Å². The summed E-state index contributed by atoms with van der Waals surface area (Å²) in [5.41, 5.74) is 1.07. The topological polar surface area (TPSA) is 41.1 Å². The lowest BCUT2D eigenvalue weighted by Gasteiger charge is -2.21. The molecule has 0 fully saturated rings. The molecule has 3 nitrogen and oxygen atoms in total. The quantitative estimate of drug-likeness (QED) is 0.835. The van der Waals surface area contributed by atoms with E-state index >= 15 is 0 Å². The van der Waals surface area contributed by atoms with Crippen molar-refractivity contribution in [1.82, 2.24) is 5.32 Å². The van der Waals surface area contributed by atoms with Crippen molar-refractivity contribution in [3.8, 4) is 0 Å². The van der Waals surface area contributed by atoms with E-state index in [9.17, 15) is 4.79 Å². The van der Waals surface area contributed by atoms with E-state index in [0.717, 1.165) is 5.69 Å². The normalized spacial score (nSPS) is 11.1. The number of benzene rings is 1. The van der Waals surface area contributed by atoms with Crippen LogP contribution >= 0.6 is 11.6 Å². The molecule has 0 unspecified atom stereocenters. The summed E-state index contributed by atoms with van der Waals surface area (Å²) < 4.78 is 0. The molecule has 0 aromatic heterocycles. The molecule has 0 atom stereocenters. The summed E-state index contributed by atoms with van der Waals surface area (Å²) in [6.07, 6.45) is 0. The lowest BCUT2D eigenvalue weighted by atomic mass is 10.1. The second kappa shape index (κ2) is 4.74. The van der Waals surface area contributed by atoms with Gasteiger partial charge in [0, 0.05) is 23.3 Å². The van der Waals surface area contributed by atoms with Gasteiger partial charge >= 0.3 is 0 Å². The van der Waals surface area contributed by atoms with E-state index in [1.807, 2.05) is 20.8 Å². The maximum absolute atomic E-state index is 12.0. The van der Waals surface area contributed by atoms with Crippen molar-refractivity contribution in [3.63, 3.8) is 0 Å². The van der Waals surface area contributed by atoms with Crippen LogP contribution in [0.25, 0.3) is 0 Å². The molecule has 1 rings (SSSR count). The molecule has 0 heterocycles. The molecule has 1 amide bonds. The highest BCUT2D eigenvalue weighted by atomic mass is 35.5. The first-order valence-electron chi connectivity index (χ1n) is 5.13. The molecule has 0 saturated heterocycles. The van der Waals surface area contributed by atoms with Crippen LogP contribution in [0, 0.1) is 0 Å². The van der Waals surface area contributed by atoms with E-state index in [1.54, 1.807) is 25.2 Å². The first-order valence-corrected chi connectivity index (χ1v) is 5.51. The zero-order valence-electron chi connectivity index (χ0n) is 10.0. The van der Waals surface area contributed by atoms with Crippen molar-refractivity contribution in [2.75, 3.05) is 12.4 Å². The average molecular weight is 241 g/mol. The number of hydrogen-bond acceptors (Lipinski definition) is 2. The monoisotopic (exact) mass is 240 g/mol. The van der Waals surface area contributed by atoms with E-state index in [4.69, 9.17) is 11.6 Å². The van der Waals surface area contributed by atoms with Crippen molar-refractivity contribution in [1.29, 1.82) is 0 Å². The number of anilines is 1. The van der Waals surface area contributed by atoms with Gasteiger partial charge in [0.25, 0.3) is 5.91 Å². The molecule has 88 valence electrons. The van der Waals surface area contributed by atoms with E-state index in [-0.39, 0.29) is 11.4 Å². The van der Waals surface area contributed by atoms with E-state index in [1.165, 1.54) is 0 Å². The fourth-order valence-corrected chi connectivity index (χ4v) is 1.50. The smallest absolute Gasteiger partial charge is 0.253 e. The standard InChI is InChI=1S/C12H17ClN2O/c1-12(2,3)15-11(16)9-7-8(13)5-6-10(9)14-4/h5-7,14H,1-4H3,(H,15,16). The number of amides is 1. The van der Waals surface area contributed by atoms with Gasteiger partial charge in [-0.15, -0.1) is 0 Å². The summed E-state index contributed by atoms with van der Waals surface area (Å²) >= 11 is 5.88. The Morgan fingerprint density at radius 2 is 1.94 bits per heavy atom. The molecule has 1 aromatic rings. The third-order valence-electron chi connectivity index (χ3n) is 1.98. The first-order chi connectivity index (χ1) is 7.33. The van der Waals surface area contributed by atoms with E-state index in [0.29, 0.717) is 10.6 Å². The summed E-state index contributed by atoms with van der Waals surface area (Å²) in [6.45, 7) is 5.82. The molecule has 16 heavy (non-hydrogen) atoms. The van der Waals surface area contributed by atoms with Gasteiger partial charge in [-0.3, -0.25) is 4.79 Å². The Hall–Kier alpha value is -1.22. The van der Waals surface area contributed by atoms with Crippen LogP contribution in [-0.2, 0) is 0 Å². The van der Waals surface area contributed by atoms with Crippen LogP contribution in [0.3, 0.4) is 0 Å². The van der Waals surface area contributed by atoms with Gasteiger partial charge in [-0.1, -0.05) is 11.6 Å². The molecule has 0 spiro atoms. The van der Waals surface area contributed by atoms with Gasteiger partial charge < -0.3 is 10.6 Å². The average Bonchev–Trinajstić information content (AvgIpc) is 2.15. The molecular weight excluding hydrogens is 224 g/mol. The zero-order valence-corrected chi connectivity index (χ0v) is 10.8.